The van der Waals surface area contributed by atoms with Crippen LogP contribution in [0.2, 0.25) is 0 Å². The summed E-state index contributed by atoms with van der Waals surface area (Å²) in [4.78, 5) is 14.7. The van der Waals surface area contributed by atoms with Gasteiger partial charge in [0.1, 0.15) is 0 Å². The van der Waals surface area contributed by atoms with Crippen molar-refractivity contribution in [3.63, 3.8) is 0 Å². The van der Waals surface area contributed by atoms with Crippen LogP contribution in [-0.2, 0) is 11.2 Å². The molecule has 120 valence electrons. The summed E-state index contributed by atoms with van der Waals surface area (Å²) in [5.41, 5.74) is 2.44. The van der Waals surface area contributed by atoms with E-state index in [4.69, 9.17) is 0 Å². The van der Waals surface area contributed by atoms with E-state index in [1.165, 1.54) is 11.1 Å². The number of hydrogen-bond donors (Lipinski definition) is 2. The monoisotopic (exact) mass is 302 g/mol. The summed E-state index contributed by atoms with van der Waals surface area (Å²) in [5, 5.41) is 13.3. The molecule has 1 aromatic carbocycles. The van der Waals surface area contributed by atoms with Gasteiger partial charge in [0.2, 0.25) is 5.91 Å². The highest BCUT2D eigenvalue weighted by atomic mass is 16.3. The highest BCUT2D eigenvalue weighted by Gasteiger charge is 2.46. The van der Waals surface area contributed by atoms with Crippen LogP contribution in [0.4, 0.5) is 0 Å². The summed E-state index contributed by atoms with van der Waals surface area (Å²) in [6.45, 7) is 3.59. The van der Waals surface area contributed by atoms with Gasteiger partial charge in [0, 0.05) is 18.6 Å². The second-order valence-corrected chi connectivity index (χ2v) is 7.16. The lowest BCUT2D eigenvalue weighted by atomic mass is 9.93. The molecule has 1 heterocycles. The van der Waals surface area contributed by atoms with Crippen LogP contribution in [0.1, 0.15) is 30.4 Å². The van der Waals surface area contributed by atoms with Gasteiger partial charge in [-0.25, -0.2) is 0 Å². The summed E-state index contributed by atoms with van der Waals surface area (Å²) < 4.78 is 0. The van der Waals surface area contributed by atoms with Crippen molar-refractivity contribution < 1.29 is 9.90 Å². The first-order valence-electron chi connectivity index (χ1n) is 8.22. The summed E-state index contributed by atoms with van der Waals surface area (Å²) in [6, 6.07) is 8.52. The number of amides is 1. The molecule has 1 saturated carbocycles. The van der Waals surface area contributed by atoms with E-state index in [0.717, 1.165) is 25.8 Å². The lowest BCUT2D eigenvalue weighted by molar-refractivity contribution is -0.132. The molecule has 3 rings (SSSR count). The zero-order valence-corrected chi connectivity index (χ0v) is 13.5. The number of rotatable bonds is 4. The Morgan fingerprint density at radius 3 is 2.68 bits per heavy atom. The average Bonchev–Trinajstić information content (AvgIpc) is 3.23. The fourth-order valence-electron chi connectivity index (χ4n) is 3.31. The van der Waals surface area contributed by atoms with Gasteiger partial charge in [0.05, 0.1) is 12.0 Å². The molecular weight excluding hydrogens is 276 g/mol. The van der Waals surface area contributed by atoms with E-state index in [9.17, 15) is 9.90 Å². The number of carbonyl (C=O) groups is 1. The van der Waals surface area contributed by atoms with Crippen molar-refractivity contribution >= 4 is 5.91 Å². The van der Waals surface area contributed by atoms with Gasteiger partial charge in [0.25, 0.3) is 0 Å². The quantitative estimate of drug-likeness (QED) is 0.886. The number of likely N-dealkylation sites (tertiary alicyclic amines) is 1. The smallest absolute Gasteiger partial charge is 0.227 e. The SMILES string of the molecule is Cc1ccc(CC2(NC(=O)[C@@H]3CN(C)CC[C@@H]3O)CC2)cc1. The number of carbonyl (C=O) groups excluding carboxylic acids is 1. The first-order valence-corrected chi connectivity index (χ1v) is 8.22. The van der Waals surface area contributed by atoms with Crippen LogP contribution in [0, 0.1) is 12.8 Å². The second kappa shape index (κ2) is 6.01. The number of aryl methyl sites for hydroxylation is 1. The standard InChI is InChI=1S/C18H26N2O2/c1-13-3-5-14(6-4-13)11-18(8-9-18)19-17(22)15-12-20(2)10-7-16(15)21/h3-6,15-16,21H,7-12H2,1-2H3,(H,19,22)/t15-,16+/m1/s1. The molecule has 1 aliphatic carbocycles. The predicted molar refractivity (Wildman–Crippen MR) is 86.6 cm³/mol. The molecule has 0 aromatic heterocycles. The fourth-order valence-corrected chi connectivity index (χ4v) is 3.31. The van der Waals surface area contributed by atoms with Crippen molar-refractivity contribution in [3.05, 3.63) is 35.4 Å². The molecule has 0 bridgehead atoms. The van der Waals surface area contributed by atoms with E-state index >= 15 is 0 Å². The Morgan fingerprint density at radius 2 is 2.05 bits per heavy atom. The van der Waals surface area contributed by atoms with Gasteiger partial charge in [0.15, 0.2) is 0 Å². The van der Waals surface area contributed by atoms with Crippen LogP contribution >= 0.6 is 0 Å². The largest absolute Gasteiger partial charge is 0.392 e. The van der Waals surface area contributed by atoms with Gasteiger partial charge in [-0.3, -0.25) is 4.79 Å². The topological polar surface area (TPSA) is 52.6 Å². The van der Waals surface area contributed by atoms with Crippen LogP contribution in [0.15, 0.2) is 24.3 Å². The van der Waals surface area contributed by atoms with Crippen molar-refractivity contribution in [2.75, 3.05) is 20.1 Å². The molecule has 0 unspecified atom stereocenters. The van der Waals surface area contributed by atoms with Crippen LogP contribution < -0.4 is 5.32 Å². The average molecular weight is 302 g/mol. The van der Waals surface area contributed by atoms with Crippen molar-refractivity contribution in [2.24, 2.45) is 5.92 Å². The molecule has 1 saturated heterocycles. The molecule has 1 aromatic rings. The Hall–Kier alpha value is -1.39. The highest BCUT2D eigenvalue weighted by molar-refractivity contribution is 5.81. The Morgan fingerprint density at radius 1 is 1.36 bits per heavy atom. The summed E-state index contributed by atoms with van der Waals surface area (Å²) >= 11 is 0. The van der Waals surface area contributed by atoms with Crippen LogP contribution in [-0.4, -0.2) is 47.7 Å². The molecule has 22 heavy (non-hydrogen) atoms. The van der Waals surface area contributed by atoms with Crippen molar-refractivity contribution in [2.45, 2.75) is 44.2 Å². The molecule has 0 radical (unpaired) electrons. The van der Waals surface area contributed by atoms with Gasteiger partial charge in [-0.2, -0.15) is 0 Å². The minimum atomic E-state index is -0.508. The molecule has 2 aliphatic rings. The van der Waals surface area contributed by atoms with Gasteiger partial charge in [-0.1, -0.05) is 29.8 Å². The molecule has 1 amide bonds. The highest BCUT2D eigenvalue weighted by Crippen LogP contribution is 2.39. The molecule has 4 nitrogen and oxygen atoms in total. The van der Waals surface area contributed by atoms with Crippen LogP contribution in [0.25, 0.3) is 0 Å². The van der Waals surface area contributed by atoms with Crippen LogP contribution in [0.3, 0.4) is 0 Å². The molecule has 0 spiro atoms. The maximum Gasteiger partial charge on any atom is 0.227 e. The van der Waals surface area contributed by atoms with Crippen LogP contribution in [0.5, 0.6) is 0 Å². The number of nitrogens with zero attached hydrogens (tertiary/aromatic N) is 1. The van der Waals surface area contributed by atoms with Gasteiger partial charge >= 0.3 is 0 Å². The maximum atomic E-state index is 12.6. The maximum absolute atomic E-state index is 12.6. The normalized spacial score (nSPS) is 27.4. The number of benzene rings is 1. The van der Waals surface area contributed by atoms with Crippen molar-refractivity contribution in [3.8, 4) is 0 Å². The Balaban J connectivity index is 1.61. The fraction of sp³-hybridized carbons (Fsp3) is 0.611. The minimum absolute atomic E-state index is 0.0173. The third kappa shape index (κ3) is 3.50. The Bertz CT molecular complexity index is 537. The number of piperidine rings is 1. The van der Waals surface area contributed by atoms with Crippen molar-refractivity contribution in [1.29, 1.82) is 0 Å². The lowest BCUT2D eigenvalue weighted by Crippen LogP contribution is -2.51. The first-order chi connectivity index (χ1) is 10.5. The van der Waals surface area contributed by atoms with Gasteiger partial charge in [-0.05, 0) is 45.2 Å². The van der Waals surface area contributed by atoms with E-state index in [-0.39, 0.29) is 17.4 Å². The summed E-state index contributed by atoms with van der Waals surface area (Å²) in [5.74, 6) is -0.280. The van der Waals surface area contributed by atoms with Crippen molar-refractivity contribution in [1.82, 2.24) is 10.2 Å². The number of aliphatic hydroxyl groups excluding tert-OH is 1. The molecule has 2 fully saturated rings. The first kappa shape index (κ1) is 15.5. The third-order valence-corrected chi connectivity index (χ3v) is 5.02. The van der Waals surface area contributed by atoms with E-state index in [1.54, 1.807) is 0 Å². The van der Waals surface area contributed by atoms with E-state index in [2.05, 4.69) is 41.4 Å². The predicted octanol–water partition coefficient (Wildman–Crippen LogP) is 1.50. The second-order valence-electron chi connectivity index (χ2n) is 7.16. The minimum Gasteiger partial charge on any atom is -0.392 e. The van der Waals surface area contributed by atoms with Gasteiger partial charge < -0.3 is 15.3 Å². The van der Waals surface area contributed by atoms with E-state index in [1.807, 2.05) is 7.05 Å². The molecule has 1 aliphatic heterocycles. The molecular formula is C18H26N2O2. The zero-order chi connectivity index (χ0) is 15.7. The van der Waals surface area contributed by atoms with E-state index < -0.39 is 6.10 Å². The molecule has 2 N–H and O–H groups in total. The Labute approximate surface area is 132 Å². The number of hydrogen-bond acceptors (Lipinski definition) is 3. The third-order valence-electron chi connectivity index (χ3n) is 5.02. The zero-order valence-electron chi connectivity index (χ0n) is 13.5. The van der Waals surface area contributed by atoms with Gasteiger partial charge in [-0.15, -0.1) is 0 Å². The summed E-state index contributed by atoms with van der Waals surface area (Å²) in [7, 11) is 2.01. The lowest BCUT2D eigenvalue weighted by Gasteiger charge is -2.34. The van der Waals surface area contributed by atoms with E-state index in [0.29, 0.717) is 13.0 Å². The molecule has 2 atom stereocenters. The Kier molecular flexibility index (Phi) is 4.24. The number of nitrogens with one attached hydrogen (secondary N) is 1. The summed E-state index contributed by atoms with van der Waals surface area (Å²) in [6.07, 6.45) is 3.12. The number of aliphatic hydroxyl groups is 1. The molecule has 4 heteroatoms.